The molecule has 1 saturated heterocycles. The largest absolute Gasteiger partial charge is 0.379 e. The lowest BCUT2D eigenvalue weighted by Crippen LogP contribution is -2.52. The second-order valence-electron chi connectivity index (χ2n) is 8.79. The number of hydrogen-bond donors (Lipinski definition) is 1. The van der Waals surface area contributed by atoms with Gasteiger partial charge in [-0.2, -0.15) is 0 Å². The molecule has 170 valence electrons. The van der Waals surface area contributed by atoms with Gasteiger partial charge in [0.05, 0.1) is 13.2 Å². The third kappa shape index (κ3) is 11.2. The van der Waals surface area contributed by atoms with Crippen LogP contribution in [-0.4, -0.2) is 43.2 Å². The average Bonchev–Trinajstić information content (AvgIpc) is 2.80. The van der Waals surface area contributed by atoms with E-state index in [-0.39, 0.29) is 5.78 Å². The number of hydrogen-bond acceptors (Lipinski definition) is 4. The van der Waals surface area contributed by atoms with Crippen molar-refractivity contribution in [3.8, 4) is 0 Å². The monoisotopic (exact) mass is 416 g/mol. The maximum Gasteiger partial charge on any atom is 0.164 e. The number of nitrogens with two attached hydrogens (primary N) is 1. The fourth-order valence-electron chi connectivity index (χ4n) is 4.25. The van der Waals surface area contributed by atoms with Gasteiger partial charge in [-0.1, -0.05) is 94.5 Å². The summed E-state index contributed by atoms with van der Waals surface area (Å²) in [4.78, 5) is 14.3. The first-order valence-corrected chi connectivity index (χ1v) is 12.4. The van der Waals surface area contributed by atoms with Gasteiger partial charge in [-0.05, 0) is 24.8 Å². The van der Waals surface area contributed by atoms with Gasteiger partial charge in [0.15, 0.2) is 5.78 Å². The fraction of sp³-hybridized carbons (Fsp3) is 0.731. The third-order valence-electron chi connectivity index (χ3n) is 6.25. The smallest absolute Gasteiger partial charge is 0.164 e. The van der Waals surface area contributed by atoms with E-state index in [2.05, 4.69) is 35.2 Å². The minimum atomic E-state index is -0.424. The molecular formula is C26H44N2O2. The van der Waals surface area contributed by atoms with E-state index in [9.17, 15) is 4.79 Å². The van der Waals surface area contributed by atoms with E-state index in [0.717, 1.165) is 25.9 Å². The quantitative estimate of drug-likeness (QED) is 0.341. The van der Waals surface area contributed by atoms with Crippen LogP contribution >= 0.6 is 0 Å². The number of carbonyl (C=O) groups is 1. The van der Waals surface area contributed by atoms with Crippen LogP contribution in [0.25, 0.3) is 0 Å². The number of unbranched alkanes of at least 4 members (excludes halogenated alkanes) is 11. The molecule has 0 spiro atoms. The van der Waals surface area contributed by atoms with Crippen molar-refractivity contribution in [2.24, 2.45) is 5.73 Å². The second-order valence-corrected chi connectivity index (χ2v) is 8.79. The van der Waals surface area contributed by atoms with Crippen molar-refractivity contribution in [3.05, 3.63) is 35.9 Å². The number of rotatable bonds is 17. The summed E-state index contributed by atoms with van der Waals surface area (Å²) in [5, 5.41) is 0. The molecule has 1 aliphatic heterocycles. The van der Waals surface area contributed by atoms with Gasteiger partial charge in [0.25, 0.3) is 0 Å². The van der Waals surface area contributed by atoms with E-state index in [1.54, 1.807) is 0 Å². The van der Waals surface area contributed by atoms with Crippen molar-refractivity contribution in [1.29, 1.82) is 0 Å². The van der Waals surface area contributed by atoms with E-state index in [1.807, 2.05) is 0 Å². The molecule has 1 atom stereocenters. The van der Waals surface area contributed by atoms with Gasteiger partial charge in [0, 0.05) is 19.5 Å². The molecule has 30 heavy (non-hydrogen) atoms. The summed E-state index contributed by atoms with van der Waals surface area (Å²) >= 11 is 0. The molecule has 0 aliphatic carbocycles. The minimum Gasteiger partial charge on any atom is -0.379 e. The standard InChI is InChI=1S/C26H44N2O2/c27-26(28-20-22-30-23-21-28)25(29)19-15-10-8-6-4-2-1-3-5-7-9-12-16-24-17-13-11-14-18-24/h11,13-14,17-18,26H,1-10,12,15-16,19-23,27H2. The van der Waals surface area contributed by atoms with Crippen LogP contribution in [0.5, 0.6) is 0 Å². The van der Waals surface area contributed by atoms with Crippen LogP contribution in [0.4, 0.5) is 0 Å². The number of carbonyl (C=O) groups excluding carboxylic acids is 1. The lowest BCUT2D eigenvalue weighted by molar-refractivity contribution is -0.126. The predicted octanol–water partition coefficient (Wildman–Crippen LogP) is 5.49. The maximum atomic E-state index is 12.2. The van der Waals surface area contributed by atoms with E-state index in [1.165, 1.54) is 76.2 Å². The molecule has 0 aromatic heterocycles. The minimum absolute atomic E-state index is 0.195. The SMILES string of the molecule is NC(C(=O)CCCCCCCCCCCCCCc1ccccc1)N1CCOCC1. The Balaban J connectivity index is 1.30. The lowest BCUT2D eigenvalue weighted by atomic mass is 10.0. The average molecular weight is 417 g/mol. The first-order chi connectivity index (χ1) is 14.8. The van der Waals surface area contributed by atoms with E-state index in [4.69, 9.17) is 10.5 Å². The van der Waals surface area contributed by atoms with Gasteiger partial charge < -0.3 is 10.5 Å². The Morgan fingerprint density at radius 2 is 1.30 bits per heavy atom. The first-order valence-electron chi connectivity index (χ1n) is 12.4. The van der Waals surface area contributed by atoms with Gasteiger partial charge >= 0.3 is 0 Å². The normalized spacial score (nSPS) is 15.9. The zero-order valence-corrected chi connectivity index (χ0v) is 19.0. The molecule has 1 aromatic carbocycles. The van der Waals surface area contributed by atoms with Crippen molar-refractivity contribution in [2.75, 3.05) is 26.3 Å². The van der Waals surface area contributed by atoms with Crippen LogP contribution in [0.15, 0.2) is 30.3 Å². The molecule has 0 bridgehead atoms. The second kappa shape index (κ2) is 16.5. The molecular weight excluding hydrogens is 372 g/mol. The molecule has 4 heteroatoms. The number of benzene rings is 1. The van der Waals surface area contributed by atoms with E-state index in [0.29, 0.717) is 19.6 Å². The van der Waals surface area contributed by atoms with E-state index >= 15 is 0 Å². The highest BCUT2D eigenvalue weighted by Crippen LogP contribution is 2.14. The number of ether oxygens (including phenoxy) is 1. The van der Waals surface area contributed by atoms with Crippen molar-refractivity contribution in [2.45, 2.75) is 96.1 Å². The number of morpholine rings is 1. The summed E-state index contributed by atoms with van der Waals surface area (Å²) < 4.78 is 5.32. The maximum absolute atomic E-state index is 12.2. The molecule has 0 radical (unpaired) electrons. The first kappa shape index (κ1) is 25.0. The summed E-state index contributed by atoms with van der Waals surface area (Å²) in [6.07, 6.45) is 17.1. The topological polar surface area (TPSA) is 55.6 Å². The Kier molecular flexibility index (Phi) is 13.7. The molecule has 0 saturated carbocycles. The summed E-state index contributed by atoms with van der Waals surface area (Å²) in [5.41, 5.74) is 7.56. The van der Waals surface area contributed by atoms with Crippen LogP contribution in [-0.2, 0) is 16.0 Å². The van der Waals surface area contributed by atoms with Crippen molar-refractivity contribution < 1.29 is 9.53 Å². The Bertz CT molecular complexity index is 543. The molecule has 1 aromatic rings. The Labute approximate surface area is 184 Å². The highest BCUT2D eigenvalue weighted by molar-refractivity contribution is 5.83. The van der Waals surface area contributed by atoms with E-state index < -0.39 is 6.17 Å². The number of ketones is 1. The highest BCUT2D eigenvalue weighted by atomic mass is 16.5. The summed E-state index contributed by atoms with van der Waals surface area (Å²) in [6, 6.07) is 10.8. The van der Waals surface area contributed by atoms with Gasteiger partial charge in [0.1, 0.15) is 6.17 Å². The Morgan fingerprint density at radius 3 is 1.87 bits per heavy atom. The van der Waals surface area contributed by atoms with Crippen molar-refractivity contribution in [1.82, 2.24) is 4.90 Å². The number of Topliss-reactive ketones (excluding diaryl/α,β-unsaturated/α-hetero) is 1. The summed E-state index contributed by atoms with van der Waals surface area (Å²) in [7, 11) is 0. The lowest BCUT2D eigenvalue weighted by Gasteiger charge is -2.31. The molecule has 4 nitrogen and oxygen atoms in total. The van der Waals surface area contributed by atoms with Gasteiger partial charge in [-0.15, -0.1) is 0 Å². The molecule has 1 heterocycles. The molecule has 2 rings (SSSR count). The van der Waals surface area contributed by atoms with Crippen LogP contribution < -0.4 is 5.73 Å². The van der Waals surface area contributed by atoms with Crippen molar-refractivity contribution in [3.63, 3.8) is 0 Å². The third-order valence-corrected chi connectivity index (χ3v) is 6.25. The molecule has 0 amide bonds. The van der Waals surface area contributed by atoms with Crippen LogP contribution in [0, 0.1) is 0 Å². The van der Waals surface area contributed by atoms with Crippen molar-refractivity contribution >= 4 is 5.78 Å². The number of aryl methyl sites for hydroxylation is 1. The Hall–Kier alpha value is -1.23. The van der Waals surface area contributed by atoms with Gasteiger partial charge in [-0.3, -0.25) is 9.69 Å². The summed E-state index contributed by atoms with van der Waals surface area (Å²) in [5.74, 6) is 0.195. The zero-order valence-electron chi connectivity index (χ0n) is 19.0. The zero-order chi connectivity index (χ0) is 21.3. The highest BCUT2D eigenvalue weighted by Gasteiger charge is 2.22. The molecule has 2 N–H and O–H groups in total. The summed E-state index contributed by atoms with van der Waals surface area (Å²) in [6.45, 7) is 2.94. The van der Waals surface area contributed by atoms with Crippen LogP contribution in [0.2, 0.25) is 0 Å². The van der Waals surface area contributed by atoms with Gasteiger partial charge in [0.2, 0.25) is 0 Å². The molecule has 1 fully saturated rings. The fourth-order valence-corrected chi connectivity index (χ4v) is 4.25. The van der Waals surface area contributed by atoms with Crippen LogP contribution in [0.1, 0.15) is 89.0 Å². The van der Waals surface area contributed by atoms with Gasteiger partial charge in [-0.25, -0.2) is 0 Å². The Morgan fingerprint density at radius 1 is 0.800 bits per heavy atom. The number of nitrogens with zero attached hydrogens (tertiary/aromatic N) is 1. The molecule has 1 unspecified atom stereocenters. The van der Waals surface area contributed by atoms with Crippen LogP contribution in [0.3, 0.4) is 0 Å². The predicted molar refractivity (Wildman–Crippen MR) is 126 cm³/mol. The molecule has 1 aliphatic rings.